The van der Waals surface area contributed by atoms with Gasteiger partial charge < -0.3 is 15.5 Å². The van der Waals surface area contributed by atoms with Crippen molar-refractivity contribution >= 4 is 0 Å². The minimum atomic E-state index is -0.604. The fourth-order valence-electron chi connectivity index (χ4n) is 1.31. The Morgan fingerprint density at radius 1 is 1.55 bits per heavy atom. The molecule has 0 spiro atoms. The average molecular weight is 159 g/mol. The van der Waals surface area contributed by atoms with Crippen LogP contribution in [0.2, 0.25) is 0 Å². The zero-order valence-corrected chi connectivity index (χ0v) is 7.01. The molecule has 11 heavy (non-hydrogen) atoms. The second-order valence-corrected chi connectivity index (χ2v) is 3.63. The van der Waals surface area contributed by atoms with Crippen LogP contribution in [0.15, 0.2) is 0 Å². The monoisotopic (exact) mass is 159 g/mol. The van der Waals surface area contributed by atoms with Crippen LogP contribution in [0.1, 0.15) is 26.2 Å². The highest BCUT2D eigenvalue weighted by Gasteiger charge is 2.31. The molecule has 3 nitrogen and oxygen atoms in total. The highest BCUT2D eigenvalue weighted by molar-refractivity contribution is 4.91. The first kappa shape index (κ1) is 8.97. The van der Waals surface area contributed by atoms with E-state index in [1.807, 2.05) is 0 Å². The lowest BCUT2D eigenvalue weighted by Crippen LogP contribution is -2.51. The van der Waals surface area contributed by atoms with Gasteiger partial charge in [0, 0.05) is 12.1 Å². The van der Waals surface area contributed by atoms with Crippen molar-refractivity contribution in [1.82, 2.24) is 5.32 Å². The van der Waals surface area contributed by atoms with Crippen LogP contribution in [0.4, 0.5) is 0 Å². The first-order valence-electron chi connectivity index (χ1n) is 4.20. The van der Waals surface area contributed by atoms with Crippen LogP contribution in [0.3, 0.4) is 0 Å². The molecule has 0 unspecified atom stereocenters. The van der Waals surface area contributed by atoms with Crippen molar-refractivity contribution in [1.29, 1.82) is 0 Å². The van der Waals surface area contributed by atoms with E-state index in [9.17, 15) is 0 Å². The van der Waals surface area contributed by atoms with Crippen LogP contribution in [0.25, 0.3) is 0 Å². The molecule has 3 heteroatoms. The summed E-state index contributed by atoms with van der Waals surface area (Å²) >= 11 is 0. The molecular weight excluding hydrogens is 142 g/mol. The largest absolute Gasteiger partial charge is 0.394 e. The predicted molar refractivity (Wildman–Crippen MR) is 43.4 cm³/mol. The molecule has 1 saturated carbocycles. The molecule has 0 saturated heterocycles. The molecule has 0 amide bonds. The van der Waals surface area contributed by atoms with Crippen LogP contribution < -0.4 is 5.32 Å². The van der Waals surface area contributed by atoms with E-state index in [2.05, 4.69) is 12.2 Å². The zero-order chi connectivity index (χ0) is 8.32. The molecule has 0 radical (unpaired) electrons. The van der Waals surface area contributed by atoms with Gasteiger partial charge in [-0.05, 0) is 26.2 Å². The summed E-state index contributed by atoms with van der Waals surface area (Å²) < 4.78 is 0. The molecule has 1 aliphatic rings. The van der Waals surface area contributed by atoms with Gasteiger partial charge in [0.25, 0.3) is 0 Å². The lowest BCUT2D eigenvalue weighted by atomic mass is 9.78. The van der Waals surface area contributed by atoms with Gasteiger partial charge in [0.2, 0.25) is 0 Å². The maximum absolute atomic E-state index is 9.03. The molecule has 0 aliphatic heterocycles. The Morgan fingerprint density at radius 3 is 2.55 bits per heavy atom. The maximum atomic E-state index is 9.03. The zero-order valence-electron chi connectivity index (χ0n) is 7.01. The molecule has 0 heterocycles. The fraction of sp³-hybridized carbons (Fsp3) is 1.00. The molecular formula is C8H17NO2. The number of aliphatic hydroxyl groups excluding tert-OH is 2. The summed E-state index contributed by atoms with van der Waals surface area (Å²) in [6, 6.07) is 0. The first-order chi connectivity index (χ1) is 5.16. The lowest BCUT2D eigenvalue weighted by molar-refractivity contribution is 0.0773. The van der Waals surface area contributed by atoms with Crippen LogP contribution >= 0.6 is 0 Å². The Bertz CT molecular complexity index is 123. The summed E-state index contributed by atoms with van der Waals surface area (Å²) in [5.41, 5.74) is 0.232. The SMILES string of the molecule is CC1(NC[C@H](O)CO)CCC1. The van der Waals surface area contributed by atoms with Crippen molar-refractivity contribution in [3.05, 3.63) is 0 Å². The number of β-amino-alcohol motifs (C(OH)–C–C–N with tert-alkyl or cyclic N) is 1. The van der Waals surface area contributed by atoms with Crippen molar-refractivity contribution in [2.24, 2.45) is 0 Å². The minimum absolute atomic E-state index is 0.150. The van der Waals surface area contributed by atoms with E-state index < -0.39 is 6.10 Å². The third kappa shape index (κ3) is 2.43. The van der Waals surface area contributed by atoms with Crippen molar-refractivity contribution in [2.75, 3.05) is 13.2 Å². The summed E-state index contributed by atoms with van der Waals surface area (Å²) in [5, 5.41) is 20.8. The van der Waals surface area contributed by atoms with E-state index in [-0.39, 0.29) is 12.1 Å². The van der Waals surface area contributed by atoms with Gasteiger partial charge in [-0.2, -0.15) is 0 Å². The van der Waals surface area contributed by atoms with Crippen molar-refractivity contribution in [3.63, 3.8) is 0 Å². The topological polar surface area (TPSA) is 52.5 Å². The first-order valence-corrected chi connectivity index (χ1v) is 4.20. The molecule has 1 aliphatic carbocycles. The average Bonchev–Trinajstić information content (AvgIpc) is 1.96. The molecule has 0 bridgehead atoms. The normalized spacial score (nSPS) is 24.3. The molecule has 1 atom stereocenters. The van der Waals surface area contributed by atoms with Gasteiger partial charge in [0.1, 0.15) is 0 Å². The highest BCUT2D eigenvalue weighted by Crippen LogP contribution is 2.30. The smallest absolute Gasteiger partial charge is 0.0895 e. The molecule has 0 aromatic heterocycles. The molecule has 1 rings (SSSR count). The van der Waals surface area contributed by atoms with Crippen molar-refractivity contribution < 1.29 is 10.2 Å². The second kappa shape index (κ2) is 3.52. The Kier molecular flexibility index (Phi) is 2.87. The Morgan fingerprint density at radius 2 is 2.18 bits per heavy atom. The Hall–Kier alpha value is -0.120. The van der Waals surface area contributed by atoms with E-state index >= 15 is 0 Å². The van der Waals surface area contributed by atoms with E-state index in [0.29, 0.717) is 6.54 Å². The van der Waals surface area contributed by atoms with Crippen LogP contribution in [-0.4, -0.2) is 35.0 Å². The molecule has 66 valence electrons. The van der Waals surface area contributed by atoms with Gasteiger partial charge in [-0.3, -0.25) is 0 Å². The van der Waals surface area contributed by atoms with Crippen LogP contribution in [0, 0.1) is 0 Å². The van der Waals surface area contributed by atoms with Crippen LogP contribution in [-0.2, 0) is 0 Å². The third-order valence-corrected chi connectivity index (χ3v) is 2.43. The molecule has 0 aromatic rings. The number of aliphatic hydroxyl groups is 2. The molecule has 3 N–H and O–H groups in total. The minimum Gasteiger partial charge on any atom is -0.394 e. The fourth-order valence-corrected chi connectivity index (χ4v) is 1.31. The summed E-state index contributed by atoms with van der Waals surface area (Å²) in [5.74, 6) is 0. The van der Waals surface area contributed by atoms with E-state index in [1.165, 1.54) is 19.3 Å². The van der Waals surface area contributed by atoms with Gasteiger partial charge in [0.15, 0.2) is 0 Å². The predicted octanol–water partition coefficient (Wildman–Crippen LogP) is -0.128. The summed E-state index contributed by atoms with van der Waals surface area (Å²) in [4.78, 5) is 0. The number of nitrogens with one attached hydrogen (secondary N) is 1. The van der Waals surface area contributed by atoms with Gasteiger partial charge in [-0.1, -0.05) is 0 Å². The number of rotatable bonds is 4. The van der Waals surface area contributed by atoms with Crippen LogP contribution in [0.5, 0.6) is 0 Å². The molecule has 0 aromatic carbocycles. The second-order valence-electron chi connectivity index (χ2n) is 3.63. The van der Waals surface area contributed by atoms with Crippen molar-refractivity contribution in [3.8, 4) is 0 Å². The van der Waals surface area contributed by atoms with E-state index in [0.717, 1.165) is 0 Å². The number of hydrogen-bond donors (Lipinski definition) is 3. The number of hydrogen-bond acceptors (Lipinski definition) is 3. The quantitative estimate of drug-likeness (QED) is 0.535. The van der Waals surface area contributed by atoms with Crippen molar-refractivity contribution in [2.45, 2.75) is 37.8 Å². The summed E-state index contributed by atoms with van der Waals surface area (Å²) in [7, 11) is 0. The van der Waals surface area contributed by atoms with Gasteiger partial charge >= 0.3 is 0 Å². The van der Waals surface area contributed by atoms with E-state index in [1.54, 1.807) is 0 Å². The van der Waals surface area contributed by atoms with Gasteiger partial charge in [-0.25, -0.2) is 0 Å². The lowest BCUT2D eigenvalue weighted by Gasteiger charge is -2.39. The van der Waals surface area contributed by atoms with E-state index in [4.69, 9.17) is 10.2 Å². The van der Waals surface area contributed by atoms with Gasteiger partial charge in [0.05, 0.1) is 12.7 Å². The third-order valence-electron chi connectivity index (χ3n) is 2.43. The van der Waals surface area contributed by atoms with Gasteiger partial charge in [-0.15, -0.1) is 0 Å². The summed E-state index contributed by atoms with van der Waals surface area (Å²) in [6.45, 7) is 2.51. The summed E-state index contributed by atoms with van der Waals surface area (Å²) in [6.07, 6.45) is 3.04. The highest BCUT2D eigenvalue weighted by atomic mass is 16.3. The molecule has 1 fully saturated rings. The standard InChI is InChI=1S/C8H17NO2/c1-8(3-2-4-8)9-5-7(11)6-10/h7,9-11H,2-6H2,1H3/t7-/m0/s1. The Balaban J connectivity index is 2.11. The maximum Gasteiger partial charge on any atom is 0.0895 e. The Labute approximate surface area is 67.4 Å².